The maximum Gasteiger partial charge on any atom is 0.257 e. The molecule has 2 rings (SSSR count). The minimum atomic E-state index is -0.0153. The van der Waals surface area contributed by atoms with E-state index in [1.165, 1.54) is 0 Å². The lowest BCUT2D eigenvalue weighted by Crippen LogP contribution is -2.26. The molecule has 0 aliphatic heterocycles. The van der Waals surface area contributed by atoms with Crippen LogP contribution in [0.5, 0.6) is 0 Å². The van der Waals surface area contributed by atoms with Crippen molar-refractivity contribution < 1.29 is 4.79 Å². The highest BCUT2D eigenvalue weighted by Gasteiger charge is 2.17. The van der Waals surface area contributed by atoms with E-state index in [0.717, 1.165) is 16.8 Å². The van der Waals surface area contributed by atoms with Crippen molar-refractivity contribution in [3.8, 4) is 0 Å². The van der Waals surface area contributed by atoms with Crippen LogP contribution in [0.4, 0.5) is 0 Å². The quantitative estimate of drug-likeness (QED) is 0.916. The standard InChI is InChI=1S/C15H20N4O/c1-11-14(9-17-19(11)3)15(20)18(2)10-13-6-4-12(8-16)5-7-13/h4-7,9H,8,10,16H2,1-3H3. The molecule has 0 spiro atoms. The molecule has 0 unspecified atom stereocenters. The Morgan fingerprint density at radius 1 is 1.30 bits per heavy atom. The normalized spacial score (nSPS) is 10.6. The van der Waals surface area contributed by atoms with Crippen LogP contribution < -0.4 is 5.73 Å². The highest BCUT2D eigenvalue weighted by molar-refractivity contribution is 5.94. The number of hydrogen-bond acceptors (Lipinski definition) is 3. The fraction of sp³-hybridized carbons (Fsp3) is 0.333. The summed E-state index contributed by atoms with van der Waals surface area (Å²) in [5.74, 6) is -0.0153. The maximum atomic E-state index is 12.4. The molecule has 1 aromatic carbocycles. The predicted octanol–water partition coefficient (Wildman–Crippen LogP) is 1.46. The first-order valence-electron chi connectivity index (χ1n) is 6.55. The highest BCUT2D eigenvalue weighted by Crippen LogP contribution is 2.12. The molecule has 0 fully saturated rings. The topological polar surface area (TPSA) is 64.2 Å². The number of aryl methyl sites for hydroxylation is 1. The van der Waals surface area contributed by atoms with Crippen molar-refractivity contribution >= 4 is 5.91 Å². The summed E-state index contributed by atoms with van der Waals surface area (Å²) in [6.45, 7) is 2.99. The number of hydrogen-bond donors (Lipinski definition) is 1. The lowest BCUT2D eigenvalue weighted by atomic mass is 10.1. The van der Waals surface area contributed by atoms with Crippen LogP contribution in [0.25, 0.3) is 0 Å². The summed E-state index contributed by atoms with van der Waals surface area (Å²) in [5.41, 5.74) is 9.26. The third kappa shape index (κ3) is 2.88. The number of nitrogens with two attached hydrogens (primary N) is 1. The third-order valence-corrected chi connectivity index (χ3v) is 3.49. The Labute approximate surface area is 119 Å². The molecule has 0 atom stereocenters. The number of aromatic nitrogens is 2. The molecule has 5 nitrogen and oxygen atoms in total. The number of carbonyl (C=O) groups is 1. The number of carbonyl (C=O) groups excluding carboxylic acids is 1. The van der Waals surface area contributed by atoms with Crippen LogP contribution in [0.15, 0.2) is 30.5 Å². The largest absolute Gasteiger partial charge is 0.337 e. The van der Waals surface area contributed by atoms with Gasteiger partial charge in [0.1, 0.15) is 0 Å². The number of rotatable bonds is 4. The molecule has 20 heavy (non-hydrogen) atoms. The molecule has 1 amide bonds. The minimum absolute atomic E-state index is 0.0153. The van der Waals surface area contributed by atoms with Gasteiger partial charge in [-0.1, -0.05) is 24.3 Å². The maximum absolute atomic E-state index is 12.4. The van der Waals surface area contributed by atoms with Crippen molar-refractivity contribution in [2.75, 3.05) is 7.05 Å². The molecule has 2 aromatic rings. The lowest BCUT2D eigenvalue weighted by molar-refractivity contribution is 0.0784. The molecule has 1 heterocycles. The minimum Gasteiger partial charge on any atom is -0.337 e. The van der Waals surface area contributed by atoms with Gasteiger partial charge in [-0.25, -0.2) is 0 Å². The van der Waals surface area contributed by atoms with Crippen LogP contribution in [0, 0.1) is 6.92 Å². The third-order valence-electron chi connectivity index (χ3n) is 3.49. The Hall–Kier alpha value is -2.14. The summed E-state index contributed by atoms with van der Waals surface area (Å²) >= 11 is 0. The van der Waals surface area contributed by atoms with Gasteiger partial charge in [0.05, 0.1) is 11.8 Å². The van der Waals surface area contributed by atoms with E-state index in [4.69, 9.17) is 5.73 Å². The van der Waals surface area contributed by atoms with Gasteiger partial charge in [0.25, 0.3) is 5.91 Å². The molecule has 0 saturated heterocycles. The molecule has 2 N–H and O–H groups in total. The van der Waals surface area contributed by atoms with Crippen LogP contribution in [-0.2, 0) is 20.1 Å². The fourth-order valence-corrected chi connectivity index (χ4v) is 2.04. The van der Waals surface area contributed by atoms with Gasteiger partial charge in [0, 0.05) is 32.9 Å². The van der Waals surface area contributed by atoms with Gasteiger partial charge >= 0.3 is 0 Å². The molecule has 0 aliphatic rings. The van der Waals surface area contributed by atoms with Crippen molar-refractivity contribution in [1.82, 2.24) is 14.7 Å². The molecular formula is C15H20N4O. The van der Waals surface area contributed by atoms with Crippen LogP contribution in [0.1, 0.15) is 27.2 Å². The van der Waals surface area contributed by atoms with E-state index in [0.29, 0.717) is 18.7 Å². The van der Waals surface area contributed by atoms with Gasteiger partial charge in [-0.15, -0.1) is 0 Å². The second kappa shape index (κ2) is 5.88. The number of nitrogens with zero attached hydrogens (tertiary/aromatic N) is 3. The fourth-order valence-electron chi connectivity index (χ4n) is 2.04. The molecule has 0 radical (unpaired) electrons. The van der Waals surface area contributed by atoms with E-state index in [9.17, 15) is 4.79 Å². The van der Waals surface area contributed by atoms with Gasteiger partial charge in [-0.2, -0.15) is 5.10 Å². The molecule has 0 bridgehead atoms. The molecular weight excluding hydrogens is 252 g/mol. The van der Waals surface area contributed by atoms with Crippen LogP contribution in [0.2, 0.25) is 0 Å². The van der Waals surface area contributed by atoms with E-state index >= 15 is 0 Å². The first-order valence-corrected chi connectivity index (χ1v) is 6.55. The van der Waals surface area contributed by atoms with E-state index in [1.54, 1.807) is 22.8 Å². The molecule has 5 heteroatoms. The Bertz CT molecular complexity index is 601. The van der Waals surface area contributed by atoms with Gasteiger partial charge in [-0.05, 0) is 18.1 Å². The summed E-state index contributed by atoms with van der Waals surface area (Å²) in [7, 11) is 3.63. The van der Waals surface area contributed by atoms with E-state index in [2.05, 4.69) is 5.10 Å². The smallest absolute Gasteiger partial charge is 0.257 e. The van der Waals surface area contributed by atoms with Crippen molar-refractivity contribution in [2.45, 2.75) is 20.0 Å². The second-order valence-corrected chi connectivity index (χ2v) is 4.95. The Morgan fingerprint density at radius 2 is 1.90 bits per heavy atom. The summed E-state index contributed by atoms with van der Waals surface area (Å²) < 4.78 is 1.71. The Morgan fingerprint density at radius 3 is 2.40 bits per heavy atom. The zero-order valence-corrected chi connectivity index (χ0v) is 12.1. The SMILES string of the molecule is Cc1c(C(=O)N(C)Cc2ccc(CN)cc2)cnn1C. The first kappa shape index (κ1) is 14.3. The van der Waals surface area contributed by atoms with Crippen LogP contribution in [0.3, 0.4) is 0 Å². The number of amides is 1. The number of benzene rings is 1. The van der Waals surface area contributed by atoms with Crippen molar-refractivity contribution in [2.24, 2.45) is 12.8 Å². The summed E-state index contributed by atoms with van der Waals surface area (Å²) in [6.07, 6.45) is 1.62. The van der Waals surface area contributed by atoms with E-state index in [-0.39, 0.29) is 5.91 Å². The van der Waals surface area contributed by atoms with E-state index < -0.39 is 0 Å². The molecule has 0 aliphatic carbocycles. The first-order chi connectivity index (χ1) is 9.52. The Kier molecular flexibility index (Phi) is 4.20. The van der Waals surface area contributed by atoms with Crippen molar-refractivity contribution in [3.05, 3.63) is 52.8 Å². The molecule has 106 valence electrons. The van der Waals surface area contributed by atoms with Crippen LogP contribution in [-0.4, -0.2) is 27.6 Å². The van der Waals surface area contributed by atoms with Gasteiger partial charge in [0.2, 0.25) is 0 Å². The zero-order valence-electron chi connectivity index (χ0n) is 12.1. The lowest BCUT2D eigenvalue weighted by Gasteiger charge is -2.17. The zero-order chi connectivity index (χ0) is 14.7. The van der Waals surface area contributed by atoms with Gasteiger partial charge in [0.15, 0.2) is 0 Å². The highest BCUT2D eigenvalue weighted by atomic mass is 16.2. The summed E-state index contributed by atoms with van der Waals surface area (Å²) in [5, 5.41) is 4.10. The van der Waals surface area contributed by atoms with Crippen molar-refractivity contribution in [1.29, 1.82) is 0 Å². The molecule has 1 aromatic heterocycles. The van der Waals surface area contributed by atoms with Crippen LogP contribution >= 0.6 is 0 Å². The monoisotopic (exact) mass is 272 g/mol. The van der Waals surface area contributed by atoms with E-state index in [1.807, 2.05) is 38.2 Å². The summed E-state index contributed by atoms with van der Waals surface area (Å²) in [4.78, 5) is 14.1. The second-order valence-electron chi connectivity index (χ2n) is 4.95. The average molecular weight is 272 g/mol. The summed E-state index contributed by atoms with van der Waals surface area (Å²) in [6, 6.07) is 7.98. The predicted molar refractivity (Wildman–Crippen MR) is 78.1 cm³/mol. The van der Waals surface area contributed by atoms with Gasteiger partial charge < -0.3 is 10.6 Å². The van der Waals surface area contributed by atoms with Gasteiger partial charge in [-0.3, -0.25) is 9.48 Å². The van der Waals surface area contributed by atoms with Crippen molar-refractivity contribution in [3.63, 3.8) is 0 Å². The average Bonchev–Trinajstić information content (AvgIpc) is 2.79. The molecule has 0 saturated carbocycles. The Balaban J connectivity index is 2.09.